The standard InChI is InChI=1S/C20H24FN3OS/c1-3-24-14-17(25-19-7-5-4-6-18(19)24)13-23(2)20(26)22-12-15-8-10-16(21)11-9-15/h4-11,17H,3,12-14H2,1-2H3,(H,22,26)/t17-/m0/s1. The molecular formula is C20H24FN3OS. The monoisotopic (exact) mass is 373 g/mol. The lowest BCUT2D eigenvalue weighted by Crippen LogP contribution is -2.48. The van der Waals surface area contributed by atoms with E-state index >= 15 is 0 Å². The molecule has 2 aromatic carbocycles. The second kappa shape index (κ2) is 8.36. The van der Waals surface area contributed by atoms with Gasteiger partial charge in [-0.3, -0.25) is 0 Å². The molecule has 1 N–H and O–H groups in total. The van der Waals surface area contributed by atoms with E-state index in [0.717, 1.165) is 30.1 Å². The molecule has 26 heavy (non-hydrogen) atoms. The molecule has 6 heteroatoms. The van der Waals surface area contributed by atoms with Crippen molar-refractivity contribution in [3.05, 3.63) is 59.9 Å². The Hall–Kier alpha value is -2.34. The summed E-state index contributed by atoms with van der Waals surface area (Å²) in [5.74, 6) is 0.688. The van der Waals surface area contributed by atoms with Gasteiger partial charge < -0.3 is 19.9 Å². The van der Waals surface area contributed by atoms with E-state index in [9.17, 15) is 4.39 Å². The Balaban J connectivity index is 1.55. The summed E-state index contributed by atoms with van der Waals surface area (Å²) in [6.45, 7) is 5.18. The molecule has 0 bridgehead atoms. The maximum absolute atomic E-state index is 13.0. The van der Waals surface area contributed by atoms with Crippen molar-refractivity contribution >= 4 is 23.0 Å². The van der Waals surface area contributed by atoms with E-state index in [1.54, 1.807) is 12.1 Å². The first-order valence-corrected chi connectivity index (χ1v) is 9.21. The molecule has 0 radical (unpaired) electrons. The summed E-state index contributed by atoms with van der Waals surface area (Å²) in [5.41, 5.74) is 2.13. The molecule has 0 fully saturated rings. The highest BCUT2D eigenvalue weighted by Crippen LogP contribution is 2.32. The number of para-hydroxylation sites is 2. The summed E-state index contributed by atoms with van der Waals surface area (Å²) >= 11 is 5.48. The molecule has 4 nitrogen and oxygen atoms in total. The van der Waals surface area contributed by atoms with E-state index in [4.69, 9.17) is 17.0 Å². The molecule has 138 valence electrons. The van der Waals surface area contributed by atoms with Gasteiger partial charge in [-0.05, 0) is 49.0 Å². The van der Waals surface area contributed by atoms with Crippen molar-refractivity contribution < 1.29 is 9.13 Å². The summed E-state index contributed by atoms with van der Waals surface area (Å²) in [6, 6.07) is 14.5. The maximum atomic E-state index is 13.0. The van der Waals surface area contributed by atoms with Crippen LogP contribution in [0.1, 0.15) is 12.5 Å². The molecule has 0 aliphatic carbocycles. The fourth-order valence-corrected chi connectivity index (χ4v) is 3.22. The number of ether oxygens (including phenoxy) is 1. The van der Waals surface area contributed by atoms with Gasteiger partial charge in [-0.2, -0.15) is 0 Å². The number of nitrogens with zero attached hydrogens (tertiary/aromatic N) is 2. The Bertz CT molecular complexity index is 753. The van der Waals surface area contributed by atoms with E-state index < -0.39 is 0 Å². The van der Waals surface area contributed by atoms with Gasteiger partial charge in [0.15, 0.2) is 5.11 Å². The molecule has 1 aliphatic rings. The van der Waals surface area contributed by atoms with Crippen LogP contribution in [0.25, 0.3) is 0 Å². The molecule has 0 unspecified atom stereocenters. The average molecular weight is 373 g/mol. The number of anilines is 1. The average Bonchev–Trinajstić information content (AvgIpc) is 2.66. The minimum absolute atomic E-state index is 0.0421. The van der Waals surface area contributed by atoms with Gasteiger partial charge in [0.2, 0.25) is 0 Å². The molecule has 0 amide bonds. The van der Waals surface area contributed by atoms with Crippen molar-refractivity contribution in [2.45, 2.75) is 19.6 Å². The van der Waals surface area contributed by atoms with Gasteiger partial charge in [-0.1, -0.05) is 24.3 Å². The number of hydrogen-bond acceptors (Lipinski definition) is 3. The molecule has 0 saturated carbocycles. The Morgan fingerprint density at radius 1 is 1.27 bits per heavy atom. The molecule has 0 spiro atoms. The molecule has 1 atom stereocenters. The van der Waals surface area contributed by atoms with Crippen LogP contribution in [-0.2, 0) is 6.54 Å². The number of hydrogen-bond donors (Lipinski definition) is 1. The van der Waals surface area contributed by atoms with Crippen LogP contribution in [0.3, 0.4) is 0 Å². The van der Waals surface area contributed by atoms with E-state index in [1.165, 1.54) is 12.1 Å². The lowest BCUT2D eigenvalue weighted by Gasteiger charge is -2.37. The zero-order valence-corrected chi connectivity index (χ0v) is 15.9. The van der Waals surface area contributed by atoms with Gasteiger partial charge in [0, 0.05) is 20.1 Å². The summed E-state index contributed by atoms with van der Waals surface area (Å²) < 4.78 is 19.1. The smallest absolute Gasteiger partial charge is 0.169 e. The maximum Gasteiger partial charge on any atom is 0.169 e. The molecule has 1 aliphatic heterocycles. The largest absolute Gasteiger partial charge is 0.485 e. The van der Waals surface area contributed by atoms with Crippen LogP contribution in [0.15, 0.2) is 48.5 Å². The summed E-state index contributed by atoms with van der Waals surface area (Å²) in [7, 11) is 1.96. The topological polar surface area (TPSA) is 27.7 Å². The van der Waals surface area contributed by atoms with Gasteiger partial charge in [0.05, 0.1) is 18.8 Å². The van der Waals surface area contributed by atoms with Crippen LogP contribution < -0.4 is 15.0 Å². The lowest BCUT2D eigenvalue weighted by atomic mass is 10.2. The number of benzene rings is 2. The predicted octanol–water partition coefficient (Wildman–Crippen LogP) is 3.42. The minimum Gasteiger partial charge on any atom is -0.485 e. The van der Waals surface area contributed by atoms with Gasteiger partial charge >= 0.3 is 0 Å². The van der Waals surface area contributed by atoms with Crippen LogP contribution in [0.2, 0.25) is 0 Å². The van der Waals surface area contributed by atoms with Crippen LogP contribution >= 0.6 is 12.2 Å². The van der Waals surface area contributed by atoms with Gasteiger partial charge in [-0.25, -0.2) is 4.39 Å². The fourth-order valence-electron chi connectivity index (χ4n) is 3.08. The zero-order chi connectivity index (χ0) is 18.5. The number of rotatable bonds is 5. The van der Waals surface area contributed by atoms with Crippen molar-refractivity contribution in [1.29, 1.82) is 0 Å². The van der Waals surface area contributed by atoms with E-state index in [1.807, 2.05) is 30.1 Å². The highest BCUT2D eigenvalue weighted by atomic mass is 32.1. The Kier molecular flexibility index (Phi) is 5.93. The van der Waals surface area contributed by atoms with Crippen molar-refractivity contribution in [2.24, 2.45) is 0 Å². The number of halogens is 1. The molecule has 1 heterocycles. The Labute approximate surface area is 159 Å². The first-order chi connectivity index (χ1) is 12.6. The van der Waals surface area contributed by atoms with Crippen LogP contribution in [0.4, 0.5) is 10.1 Å². The molecular weight excluding hydrogens is 349 g/mol. The third kappa shape index (κ3) is 4.43. The van der Waals surface area contributed by atoms with E-state index in [2.05, 4.69) is 23.2 Å². The van der Waals surface area contributed by atoms with Crippen molar-refractivity contribution in [3.8, 4) is 5.75 Å². The number of thiocarbonyl (C=S) groups is 1. The third-order valence-corrected chi connectivity index (χ3v) is 4.94. The van der Waals surface area contributed by atoms with Crippen molar-refractivity contribution in [2.75, 3.05) is 31.6 Å². The van der Waals surface area contributed by atoms with Crippen molar-refractivity contribution in [1.82, 2.24) is 10.2 Å². The molecule has 0 saturated heterocycles. The van der Waals surface area contributed by atoms with Crippen LogP contribution in [0, 0.1) is 5.82 Å². The van der Waals surface area contributed by atoms with Crippen molar-refractivity contribution in [3.63, 3.8) is 0 Å². The van der Waals surface area contributed by atoms with Gasteiger partial charge in [-0.15, -0.1) is 0 Å². The minimum atomic E-state index is -0.233. The third-order valence-electron chi connectivity index (χ3n) is 4.49. The predicted molar refractivity (Wildman–Crippen MR) is 107 cm³/mol. The quantitative estimate of drug-likeness (QED) is 0.811. The number of likely N-dealkylation sites (N-methyl/N-ethyl adjacent to an activating group) is 2. The first kappa shape index (κ1) is 18.5. The van der Waals surface area contributed by atoms with Gasteiger partial charge in [0.25, 0.3) is 0 Å². The fraction of sp³-hybridized carbons (Fsp3) is 0.350. The normalized spacial score (nSPS) is 15.8. The second-order valence-corrected chi connectivity index (χ2v) is 6.80. The molecule has 2 aromatic rings. The van der Waals surface area contributed by atoms with E-state index in [-0.39, 0.29) is 11.9 Å². The highest BCUT2D eigenvalue weighted by molar-refractivity contribution is 7.80. The van der Waals surface area contributed by atoms with Crippen LogP contribution in [-0.4, -0.2) is 42.8 Å². The number of nitrogens with one attached hydrogen (secondary N) is 1. The Morgan fingerprint density at radius 2 is 2.00 bits per heavy atom. The van der Waals surface area contributed by atoms with Crippen LogP contribution in [0.5, 0.6) is 5.75 Å². The summed E-state index contributed by atoms with van der Waals surface area (Å²) in [5, 5.41) is 3.87. The Morgan fingerprint density at radius 3 is 2.73 bits per heavy atom. The number of fused-ring (bicyclic) bond motifs is 1. The summed E-state index contributed by atoms with van der Waals surface area (Å²) in [6.07, 6.45) is 0.0421. The van der Waals surface area contributed by atoms with E-state index in [0.29, 0.717) is 18.2 Å². The summed E-state index contributed by atoms with van der Waals surface area (Å²) in [4.78, 5) is 4.32. The molecule has 0 aromatic heterocycles. The zero-order valence-electron chi connectivity index (χ0n) is 15.1. The first-order valence-electron chi connectivity index (χ1n) is 8.81. The second-order valence-electron chi connectivity index (χ2n) is 6.41. The van der Waals surface area contributed by atoms with Gasteiger partial charge in [0.1, 0.15) is 17.7 Å². The molecule has 3 rings (SSSR count). The highest BCUT2D eigenvalue weighted by Gasteiger charge is 2.25. The lowest BCUT2D eigenvalue weighted by molar-refractivity contribution is 0.168. The SMILES string of the molecule is CCN1C[C@H](CN(C)C(=S)NCc2ccc(F)cc2)Oc2ccccc21.